The first kappa shape index (κ1) is 34.5. The van der Waals surface area contributed by atoms with Crippen LogP contribution in [0.15, 0.2) is 53.0 Å². The first-order valence-corrected chi connectivity index (χ1v) is 14.2. The summed E-state index contributed by atoms with van der Waals surface area (Å²) < 4.78 is 11.4. The van der Waals surface area contributed by atoms with Crippen LogP contribution in [0.2, 0.25) is 0 Å². The highest BCUT2D eigenvalue weighted by molar-refractivity contribution is 9.10. The molecule has 2 aromatic carbocycles. The highest BCUT2D eigenvalue weighted by atomic mass is 79.9. The third-order valence-electron chi connectivity index (χ3n) is 6.73. The molecule has 1 aliphatic rings. The summed E-state index contributed by atoms with van der Waals surface area (Å²) in [5.74, 6) is -1.80. The van der Waals surface area contributed by atoms with Crippen LogP contribution in [0.25, 0.3) is 0 Å². The molecular formula is C29H40BrClN4O6. The molecule has 0 aliphatic carbocycles. The molecule has 4 N–H and O–H groups in total. The van der Waals surface area contributed by atoms with Gasteiger partial charge in [0, 0.05) is 29.8 Å². The minimum atomic E-state index is -0.968. The summed E-state index contributed by atoms with van der Waals surface area (Å²) in [6, 6.07) is 14.4. The number of carboxylic acids is 1. The number of nitrogens with one attached hydrogen (secondary N) is 1. The zero-order valence-electron chi connectivity index (χ0n) is 23.6. The fraction of sp³-hybridized carbons (Fsp3) is 0.483. The van der Waals surface area contributed by atoms with Crippen molar-refractivity contribution in [3.63, 3.8) is 0 Å². The number of aliphatic carboxylic acids is 1. The average molecular weight is 656 g/mol. The Morgan fingerprint density at radius 1 is 1.17 bits per heavy atom. The Bertz CT molecular complexity index is 1160. The second-order valence-corrected chi connectivity index (χ2v) is 11.2. The van der Waals surface area contributed by atoms with Crippen molar-refractivity contribution in [2.24, 2.45) is 11.7 Å². The summed E-state index contributed by atoms with van der Waals surface area (Å²) in [5, 5.41) is 10.9. The van der Waals surface area contributed by atoms with Crippen LogP contribution >= 0.6 is 28.3 Å². The van der Waals surface area contributed by atoms with Crippen molar-refractivity contribution in [2.75, 3.05) is 31.7 Å². The number of hydrazine groups is 1. The number of hydrogen-bond donors (Lipinski definition) is 3. The highest BCUT2D eigenvalue weighted by Crippen LogP contribution is 2.22. The molecule has 0 unspecified atom stereocenters. The molecule has 1 fully saturated rings. The van der Waals surface area contributed by atoms with E-state index in [1.165, 1.54) is 12.1 Å². The van der Waals surface area contributed by atoms with Crippen molar-refractivity contribution in [3.05, 3.63) is 64.1 Å². The molecule has 3 atom stereocenters. The minimum Gasteiger partial charge on any atom is -0.479 e. The molecule has 12 heteroatoms. The number of esters is 1. The summed E-state index contributed by atoms with van der Waals surface area (Å²) in [6.45, 7) is 5.40. The fourth-order valence-corrected chi connectivity index (χ4v) is 5.31. The van der Waals surface area contributed by atoms with Crippen molar-refractivity contribution in [1.29, 1.82) is 0 Å². The van der Waals surface area contributed by atoms with Gasteiger partial charge in [0.25, 0.3) is 5.91 Å². The molecule has 0 spiro atoms. The summed E-state index contributed by atoms with van der Waals surface area (Å²) in [6.07, 6.45) is 0.717. The standard InChI is InChI=1S/C29H39BrN4O6.ClH/c1-19(2)26(28(36)37)40-13-12-33(23-8-5-4-6-9-23)18-21-14-20(15-22(30)16-21)17-24(31)27(35)34-11-7-10-25(32-34)29(38)39-3;/h4-6,8-9,14-16,19,24-26,32H,7,10-13,17-18,31H2,1-3H3,(H,36,37);1H/t24-,25-,26-;/m0./s1. The number of halogens is 2. The van der Waals surface area contributed by atoms with E-state index in [1.54, 1.807) is 0 Å². The summed E-state index contributed by atoms with van der Waals surface area (Å²) >= 11 is 3.59. The number of amides is 1. The third kappa shape index (κ3) is 10.3. The summed E-state index contributed by atoms with van der Waals surface area (Å²) in [4.78, 5) is 38.7. The maximum atomic E-state index is 13.1. The Hall–Kier alpha value is -2.70. The second-order valence-electron chi connectivity index (χ2n) is 10.2. The molecule has 1 saturated heterocycles. The molecule has 10 nitrogen and oxygen atoms in total. The smallest absolute Gasteiger partial charge is 0.333 e. The number of carboxylic acid groups (broad SMARTS) is 1. The van der Waals surface area contributed by atoms with Gasteiger partial charge in [-0.25, -0.2) is 10.2 Å². The maximum absolute atomic E-state index is 13.1. The lowest BCUT2D eigenvalue weighted by atomic mass is 10.0. The molecule has 2 aromatic rings. The van der Waals surface area contributed by atoms with Crippen LogP contribution < -0.4 is 16.1 Å². The number of methoxy groups -OCH3 is 1. The number of anilines is 1. The molecular weight excluding hydrogens is 616 g/mol. The molecule has 1 amide bonds. The lowest BCUT2D eigenvalue weighted by Crippen LogP contribution is -2.59. The van der Waals surface area contributed by atoms with Gasteiger partial charge in [-0.1, -0.05) is 54.0 Å². The van der Waals surface area contributed by atoms with Crippen LogP contribution in [0.4, 0.5) is 5.69 Å². The molecule has 226 valence electrons. The number of nitrogens with zero attached hydrogens (tertiary/aromatic N) is 2. The Labute approximate surface area is 256 Å². The maximum Gasteiger partial charge on any atom is 0.333 e. The molecule has 0 bridgehead atoms. The van der Waals surface area contributed by atoms with Crippen LogP contribution in [0.5, 0.6) is 0 Å². The molecule has 0 aromatic heterocycles. The monoisotopic (exact) mass is 654 g/mol. The predicted octanol–water partition coefficient (Wildman–Crippen LogP) is 3.54. The van der Waals surface area contributed by atoms with Gasteiger partial charge in [0.05, 0.1) is 19.8 Å². The Balaban J connectivity index is 0.00000588. The molecule has 0 saturated carbocycles. The quantitative estimate of drug-likeness (QED) is 0.277. The highest BCUT2D eigenvalue weighted by Gasteiger charge is 2.31. The number of carbonyl (C=O) groups is 3. The van der Waals surface area contributed by atoms with Crippen LogP contribution in [-0.4, -0.2) is 73.0 Å². The van der Waals surface area contributed by atoms with E-state index in [1.807, 2.05) is 62.4 Å². The zero-order chi connectivity index (χ0) is 29.2. The van der Waals surface area contributed by atoms with Gasteiger partial charge >= 0.3 is 11.9 Å². The van der Waals surface area contributed by atoms with Crippen molar-refractivity contribution < 1.29 is 29.0 Å². The van der Waals surface area contributed by atoms with Crippen molar-refractivity contribution in [1.82, 2.24) is 10.4 Å². The number of hydrogen-bond acceptors (Lipinski definition) is 8. The van der Waals surface area contributed by atoms with Crippen molar-refractivity contribution in [2.45, 2.75) is 57.8 Å². The number of ether oxygens (including phenoxy) is 2. The van der Waals surface area contributed by atoms with Crippen LogP contribution in [-0.2, 0) is 36.8 Å². The Morgan fingerprint density at radius 2 is 1.85 bits per heavy atom. The number of nitrogens with two attached hydrogens (primary N) is 1. The molecule has 3 rings (SSSR count). The summed E-state index contributed by atoms with van der Waals surface area (Å²) in [7, 11) is 1.33. The van der Waals surface area contributed by atoms with E-state index in [0.717, 1.165) is 21.3 Å². The van der Waals surface area contributed by atoms with Gasteiger partial charge in [0.2, 0.25) is 0 Å². The van der Waals surface area contributed by atoms with Gasteiger partial charge in [0.15, 0.2) is 6.10 Å². The van der Waals surface area contributed by atoms with E-state index >= 15 is 0 Å². The van der Waals surface area contributed by atoms with E-state index in [2.05, 4.69) is 26.3 Å². The third-order valence-corrected chi connectivity index (χ3v) is 7.19. The first-order chi connectivity index (χ1) is 19.1. The predicted molar refractivity (Wildman–Crippen MR) is 163 cm³/mol. The van der Waals surface area contributed by atoms with E-state index in [0.29, 0.717) is 38.9 Å². The first-order valence-electron chi connectivity index (χ1n) is 13.4. The molecule has 41 heavy (non-hydrogen) atoms. The summed E-state index contributed by atoms with van der Waals surface area (Å²) in [5.41, 5.74) is 12.1. The van der Waals surface area contributed by atoms with Gasteiger partial charge in [-0.2, -0.15) is 0 Å². The van der Waals surface area contributed by atoms with Gasteiger partial charge < -0.3 is 25.2 Å². The lowest BCUT2D eigenvalue weighted by Gasteiger charge is -2.34. The molecule has 0 radical (unpaired) electrons. The Morgan fingerprint density at radius 3 is 2.49 bits per heavy atom. The number of para-hydroxylation sites is 1. The topological polar surface area (TPSA) is 134 Å². The number of benzene rings is 2. The fourth-order valence-electron chi connectivity index (χ4n) is 4.72. The van der Waals surface area contributed by atoms with Gasteiger partial charge in [0.1, 0.15) is 6.04 Å². The molecule has 1 heterocycles. The van der Waals surface area contributed by atoms with Crippen LogP contribution in [0.1, 0.15) is 37.8 Å². The number of rotatable bonds is 13. The van der Waals surface area contributed by atoms with Gasteiger partial charge in [-0.05, 0) is 60.6 Å². The average Bonchev–Trinajstić information content (AvgIpc) is 2.93. The SMILES string of the molecule is COC(=O)[C@@H]1CCCN(C(=O)[C@@H](N)Cc2cc(Br)cc(CN(CCO[C@H](C(=O)O)C(C)C)c3ccccc3)c2)N1.Cl. The minimum absolute atomic E-state index is 0. The van der Waals surface area contributed by atoms with E-state index in [9.17, 15) is 19.5 Å². The largest absolute Gasteiger partial charge is 0.479 e. The van der Waals surface area contributed by atoms with Gasteiger partial charge in [-0.3, -0.25) is 14.6 Å². The van der Waals surface area contributed by atoms with Crippen molar-refractivity contribution >= 4 is 51.9 Å². The van der Waals surface area contributed by atoms with E-state index in [4.69, 9.17) is 15.2 Å². The van der Waals surface area contributed by atoms with Crippen LogP contribution in [0.3, 0.4) is 0 Å². The molecule has 1 aliphatic heterocycles. The second kappa shape index (κ2) is 16.7. The number of carbonyl (C=O) groups excluding carboxylic acids is 2. The van der Waals surface area contributed by atoms with E-state index < -0.39 is 30.1 Å². The zero-order valence-corrected chi connectivity index (χ0v) is 26.0. The van der Waals surface area contributed by atoms with Crippen molar-refractivity contribution in [3.8, 4) is 0 Å². The normalized spacial score (nSPS) is 16.4. The Kier molecular flexibility index (Phi) is 14.0. The lowest BCUT2D eigenvalue weighted by molar-refractivity contribution is -0.153. The van der Waals surface area contributed by atoms with E-state index in [-0.39, 0.29) is 30.8 Å². The van der Waals surface area contributed by atoms with Gasteiger partial charge in [-0.15, -0.1) is 12.4 Å². The van der Waals surface area contributed by atoms with Crippen LogP contribution in [0, 0.1) is 5.92 Å².